The SMILES string of the molecule is CCOc1cc(/C=C2/SC(=O)N(CC(=O)N3CCCC3)C2=O)cc(Cl)c1OCc1ccccc1Cl. The zero-order valence-electron chi connectivity index (χ0n) is 19.1. The van der Waals surface area contributed by atoms with Crippen LogP contribution in [0.2, 0.25) is 10.0 Å². The van der Waals surface area contributed by atoms with Gasteiger partial charge in [-0.15, -0.1) is 0 Å². The Morgan fingerprint density at radius 3 is 2.54 bits per heavy atom. The van der Waals surface area contributed by atoms with Crippen molar-refractivity contribution in [2.75, 3.05) is 26.2 Å². The molecule has 0 aliphatic carbocycles. The highest BCUT2D eigenvalue weighted by Gasteiger charge is 2.37. The number of likely N-dealkylation sites (tertiary alicyclic amines) is 1. The van der Waals surface area contributed by atoms with E-state index in [2.05, 4.69) is 0 Å². The molecule has 2 aliphatic rings. The van der Waals surface area contributed by atoms with Gasteiger partial charge in [-0.25, -0.2) is 0 Å². The van der Waals surface area contributed by atoms with Crippen molar-refractivity contribution in [2.24, 2.45) is 0 Å². The van der Waals surface area contributed by atoms with Crippen LogP contribution in [0.3, 0.4) is 0 Å². The first-order chi connectivity index (χ1) is 16.9. The molecule has 0 spiro atoms. The highest BCUT2D eigenvalue weighted by atomic mass is 35.5. The van der Waals surface area contributed by atoms with Crippen LogP contribution in [0.1, 0.15) is 30.9 Å². The van der Waals surface area contributed by atoms with Gasteiger partial charge in [-0.3, -0.25) is 19.3 Å². The van der Waals surface area contributed by atoms with Gasteiger partial charge in [-0.1, -0.05) is 41.4 Å². The topological polar surface area (TPSA) is 76.2 Å². The fraction of sp³-hybridized carbons (Fsp3) is 0.320. The van der Waals surface area contributed by atoms with Gasteiger partial charge in [0.25, 0.3) is 11.1 Å². The van der Waals surface area contributed by atoms with Crippen LogP contribution >= 0.6 is 35.0 Å². The van der Waals surface area contributed by atoms with Crippen molar-refractivity contribution in [1.82, 2.24) is 9.80 Å². The Hall–Kier alpha value is -2.68. The van der Waals surface area contributed by atoms with E-state index in [9.17, 15) is 14.4 Å². The van der Waals surface area contributed by atoms with Gasteiger partial charge in [0.1, 0.15) is 13.2 Å². The molecule has 0 bridgehead atoms. The van der Waals surface area contributed by atoms with Gasteiger partial charge in [-0.05, 0) is 61.4 Å². The number of halogens is 2. The van der Waals surface area contributed by atoms with Crippen molar-refractivity contribution in [3.8, 4) is 11.5 Å². The van der Waals surface area contributed by atoms with Gasteiger partial charge in [0, 0.05) is 23.7 Å². The zero-order chi connectivity index (χ0) is 24.9. The summed E-state index contributed by atoms with van der Waals surface area (Å²) in [5.41, 5.74) is 1.37. The molecule has 184 valence electrons. The zero-order valence-corrected chi connectivity index (χ0v) is 21.4. The molecule has 35 heavy (non-hydrogen) atoms. The number of ether oxygens (including phenoxy) is 2. The number of rotatable bonds is 8. The maximum atomic E-state index is 12.9. The van der Waals surface area contributed by atoms with Gasteiger partial charge in [0.2, 0.25) is 5.91 Å². The molecule has 2 heterocycles. The van der Waals surface area contributed by atoms with Crippen molar-refractivity contribution >= 4 is 58.1 Å². The smallest absolute Gasteiger partial charge is 0.294 e. The predicted molar refractivity (Wildman–Crippen MR) is 137 cm³/mol. The van der Waals surface area contributed by atoms with E-state index in [1.54, 1.807) is 29.2 Å². The molecule has 0 unspecified atom stereocenters. The summed E-state index contributed by atoms with van der Waals surface area (Å²) in [6.45, 7) is 3.48. The summed E-state index contributed by atoms with van der Waals surface area (Å²) >= 11 is 13.5. The number of amides is 3. The number of thioether (sulfide) groups is 1. The molecule has 2 saturated heterocycles. The molecule has 0 atom stereocenters. The van der Waals surface area contributed by atoms with Crippen LogP contribution < -0.4 is 9.47 Å². The average molecular weight is 535 g/mol. The lowest BCUT2D eigenvalue weighted by Crippen LogP contribution is -2.40. The van der Waals surface area contributed by atoms with Crippen LogP contribution in [0.25, 0.3) is 6.08 Å². The quantitative estimate of drug-likeness (QED) is 0.408. The normalized spacial score (nSPS) is 16.9. The van der Waals surface area contributed by atoms with Gasteiger partial charge >= 0.3 is 0 Å². The Morgan fingerprint density at radius 2 is 1.83 bits per heavy atom. The maximum absolute atomic E-state index is 12.9. The van der Waals surface area contributed by atoms with Gasteiger partial charge in [-0.2, -0.15) is 0 Å². The van der Waals surface area contributed by atoms with Crippen molar-refractivity contribution in [1.29, 1.82) is 0 Å². The summed E-state index contributed by atoms with van der Waals surface area (Å²) < 4.78 is 11.7. The Morgan fingerprint density at radius 1 is 1.09 bits per heavy atom. The Kier molecular flexibility index (Phi) is 8.26. The number of imide groups is 1. The molecule has 0 saturated carbocycles. The van der Waals surface area contributed by atoms with E-state index in [-0.39, 0.29) is 29.0 Å². The lowest BCUT2D eigenvalue weighted by atomic mass is 10.1. The first-order valence-electron chi connectivity index (χ1n) is 11.2. The van der Waals surface area contributed by atoms with Crippen molar-refractivity contribution in [3.05, 3.63) is 62.5 Å². The van der Waals surface area contributed by atoms with E-state index in [1.165, 1.54) is 0 Å². The van der Waals surface area contributed by atoms with Crippen LogP contribution in [0.15, 0.2) is 41.3 Å². The summed E-state index contributed by atoms with van der Waals surface area (Å²) in [6, 6.07) is 10.7. The van der Waals surface area contributed by atoms with Gasteiger partial charge in [0.15, 0.2) is 11.5 Å². The third-order valence-electron chi connectivity index (χ3n) is 5.59. The maximum Gasteiger partial charge on any atom is 0.294 e. The fourth-order valence-corrected chi connectivity index (χ4v) is 5.13. The minimum absolute atomic E-state index is 0.197. The van der Waals surface area contributed by atoms with Crippen LogP contribution in [0, 0.1) is 0 Å². The molecule has 3 amide bonds. The predicted octanol–water partition coefficient (Wildman–Crippen LogP) is 5.63. The molecule has 4 rings (SSSR count). The van der Waals surface area contributed by atoms with E-state index in [1.807, 2.05) is 25.1 Å². The second-order valence-electron chi connectivity index (χ2n) is 8.00. The molecular formula is C25H24Cl2N2O5S. The third-order valence-corrected chi connectivity index (χ3v) is 7.14. The number of carbonyl (C=O) groups excluding carboxylic acids is 3. The van der Waals surface area contributed by atoms with Crippen molar-refractivity contribution in [2.45, 2.75) is 26.4 Å². The summed E-state index contributed by atoms with van der Waals surface area (Å²) in [5, 5.41) is 0.402. The minimum Gasteiger partial charge on any atom is -0.490 e. The fourth-order valence-electron chi connectivity index (χ4n) is 3.83. The highest BCUT2D eigenvalue weighted by molar-refractivity contribution is 8.18. The number of nitrogens with zero attached hydrogens (tertiary/aromatic N) is 2. The van der Waals surface area contributed by atoms with E-state index < -0.39 is 11.1 Å². The van der Waals surface area contributed by atoms with E-state index >= 15 is 0 Å². The van der Waals surface area contributed by atoms with Crippen LogP contribution in [0.4, 0.5) is 4.79 Å². The van der Waals surface area contributed by atoms with Crippen LogP contribution in [-0.4, -0.2) is 53.1 Å². The molecule has 10 heteroatoms. The second-order valence-corrected chi connectivity index (χ2v) is 9.81. The molecule has 7 nitrogen and oxygen atoms in total. The monoisotopic (exact) mass is 534 g/mol. The van der Waals surface area contributed by atoms with E-state index in [0.29, 0.717) is 41.8 Å². The molecular weight excluding hydrogens is 511 g/mol. The molecule has 2 aliphatic heterocycles. The van der Waals surface area contributed by atoms with Crippen molar-refractivity contribution in [3.63, 3.8) is 0 Å². The average Bonchev–Trinajstić information content (AvgIpc) is 3.45. The lowest BCUT2D eigenvalue weighted by Gasteiger charge is -2.18. The van der Waals surface area contributed by atoms with E-state index in [4.69, 9.17) is 32.7 Å². The molecule has 0 aromatic heterocycles. The summed E-state index contributed by atoms with van der Waals surface area (Å²) in [6.07, 6.45) is 3.45. The number of hydrogen-bond acceptors (Lipinski definition) is 6. The number of hydrogen-bond donors (Lipinski definition) is 0. The second kappa shape index (κ2) is 11.4. The molecule has 0 radical (unpaired) electrons. The number of benzene rings is 2. The molecule has 2 aromatic carbocycles. The van der Waals surface area contributed by atoms with E-state index in [0.717, 1.165) is 35.1 Å². The lowest BCUT2D eigenvalue weighted by molar-refractivity contribution is -0.135. The van der Waals surface area contributed by atoms with Crippen LogP contribution in [-0.2, 0) is 16.2 Å². The Balaban J connectivity index is 1.52. The Bertz CT molecular complexity index is 1180. The summed E-state index contributed by atoms with van der Waals surface area (Å²) in [5.74, 6) is 0.0464. The standard InChI is InChI=1S/C25H24Cl2N2O5S/c1-2-33-20-12-16(11-19(27)23(20)34-15-17-7-3-4-8-18(17)26)13-21-24(31)29(25(32)35-21)14-22(30)28-9-5-6-10-28/h3-4,7-8,11-13H,2,5-6,9-10,14-15H2,1H3/b21-13+. The summed E-state index contributed by atoms with van der Waals surface area (Å²) in [7, 11) is 0. The van der Waals surface area contributed by atoms with Gasteiger partial charge < -0.3 is 14.4 Å². The van der Waals surface area contributed by atoms with Gasteiger partial charge in [0.05, 0.1) is 16.5 Å². The van der Waals surface area contributed by atoms with Crippen molar-refractivity contribution < 1.29 is 23.9 Å². The molecule has 0 N–H and O–H groups in total. The highest BCUT2D eigenvalue weighted by Crippen LogP contribution is 2.40. The minimum atomic E-state index is -0.499. The third kappa shape index (κ3) is 5.94. The largest absolute Gasteiger partial charge is 0.490 e. The Labute approximate surface area is 217 Å². The summed E-state index contributed by atoms with van der Waals surface area (Å²) in [4.78, 5) is 40.6. The first-order valence-corrected chi connectivity index (χ1v) is 12.8. The first kappa shape index (κ1) is 25.4. The molecule has 2 fully saturated rings. The number of carbonyl (C=O) groups is 3. The molecule has 2 aromatic rings. The van der Waals surface area contributed by atoms with Crippen LogP contribution in [0.5, 0.6) is 11.5 Å².